The fourth-order valence-electron chi connectivity index (χ4n) is 3.68. The lowest BCUT2D eigenvalue weighted by Crippen LogP contribution is -2.34. The Balaban J connectivity index is 0.000000162. The lowest BCUT2D eigenvalue weighted by Gasteiger charge is -2.34. The van der Waals surface area contributed by atoms with Gasteiger partial charge in [-0.2, -0.15) is 5.26 Å². The Morgan fingerprint density at radius 1 is 0.893 bits per heavy atom. The summed E-state index contributed by atoms with van der Waals surface area (Å²) in [5.41, 5.74) is 8.12. The van der Waals surface area contributed by atoms with Crippen molar-refractivity contribution in [3.8, 4) is 6.07 Å². The standard InChI is InChI=1S/C11H13ClN2O.C11H10ClN/c12-10-3-1-7(2-4-10)8-5-9(6-8)11(13)14-15;12-11-3-1-9(2-4-11)10-5-8(6-10)7-13/h1-4,8-9,15H,5-6H2,(H2,13,14);1-4,8,10H,5-6H2. The average molecular weight is 416 g/mol. The highest BCUT2D eigenvalue weighted by Crippen LogP contribution is 2.42. The lowest BCUT2D eigenvalue weighted by molar-refractivity contribution is 0.292. The number of nitrogens with zero attached hydrogens (tertiary/aromatic N) is 2. The molecule has 4 rings (SSSR count). The van der Waals surface area contributed by atoms with Gasteiger partial charge in [0.05, 0.1) is 6.07 Å². The second-order valence-corrected chi connectivity index (χ2v) is 8.36. The molecule has 2 aliphatic rings. The SMILES string of the molecule is N#CC1CC(c2ccc(Cl)cc2)C1.N/C(=N\O)C1CC(c2ccc(Cl)cc2)C1. The Labute approximate surface area is 175 Å². The van der Waals surface area contributed by atoms with E-state index in [-0.39, 0.29) is 11.8 Å². The Morgan fingerprint density at radius 2 is 1.32 bits per heavy atom. The van der Waals surface area contributed by atoms with Gasteiger partial charge in [0, 0.05) is 21.9 Å². The summed E-state index contributed by atoms with van der Waals surface area (Å²) in [7, 11) is 0. The number of hydrogen-bond acceptors (Lipinski definition) is 3. The molecule has 146 valence electrons. The monoisotopic (exact) mass is 415 g/mol. The van der Waals surface area contributed by atoms with Crippen molar-refractivity contribution in [3.63, 3.8) is 0 Å². The minimum atomic E-state index is 0.232. The first-order valence-corrected chi connectivity index (χ1v) is 10.1. The van der Waals surface area contributed by atoms with Crippen LogP contribution in [0.2, 0.25) is 10.0 Å². The Morgan fingerprint density at radius 3 is 1.71 bits per heavy atom. The molecule has 0 aliphatic heterocycles. The fourth-order valence-corrected chi connectivity index (χ4v) is 3.93. The van der Waals surface area contributed by atoms with E-state index in [1.54, 1.807) is 0 Å². The first-order chi connectivity index (χ1) is 13.5. The van der Waals surface area contributed by atoms with Crippen molar-refractivity contribution in [2.75, 3.05) is 0 Å². The van der Waals surface area contributed by atoms with Crippen LogP contribution >= 0.6 is 23.2 Å². The van der Waals surface area contributed by atoms with Crippen LogP contribution in [0.15, 0.2) is 53.7 Å². The molecule has 4 nitrogen and oxygen atoms in total. The van der Waals surface area contributed by atoms with E-state index in [1.165, 1.54) is 11.1 Å². The van der Waals surface area contributed by atoms with Crippen LogP contribution in [0.3, 0.4) is 0 Å². The molecule has 0 saturated heterocycles. The molecule has 0 aromatic heterocycles. The molecule has 0 heterocycles. The summed E-state index contributed by atoms with van der Waals surface area (Å²) in [5.74, 6) is 1.96. The van der Waals surface area contributed by atoms with Gasteiger partial charge in [0.25, 0.3) is 0 Å². The number of hydrogen-bond donors (Lipinski definition) is 2. The quantitative estimate of drug-likeness (QED) is 0.281. The zero-order valence-electron chi connectivity index (χ0n) is 15.4. The van der Waals surface area contributed by atoms with Crippen LogP contribution in [0.4, 0.5) is 0 Å². The van der Waals surface area contributed by atoms with Gasteiger partial charge in [0.15, 0.2) is 0 Å². The third-order valence-corrected chi connectivity index (χ3v) is 6.18. The third-order valence-electron chi connectivity index (χ3n) is 5.68. The molecule has 2 saturated carbocycles. The highest BCUT2D eigenvalue weighted by molar-refractivity contribution is 6.30. The Bertz CT molecular complexity index is 847. The van der Waals surface area contributed by atoms with E-state index in [1.807, 2.05) is 36.4 Å². The molecule has 3 N–H and O–H groups in total. The van der Waals surface area contributed by atoms with Crippen molar-refractivity contribution in [1.29, 1.82) is 5.26 Å². The number of halogens is 2. The Hall–Kier alpha value is -2.22. The fraction of sp³-hybridized carbons (Fsp3) is 0.364. The van der Waals surface area contributed by atoms with Crippen LogP contribution in [0.25, 0.3) is 0 Å². The van der Waals surface area contributed by atoms with Gasteiger partial charge in [-0.3, -0.25) is 0 Å². The van der Waals surface area contributed by atoms with Gasteiger partial charge >= 0.3 is 0 Å². The van der Waals surface area contributed by atoms with Gasteiger partial charge in [-0.05, 0) is 72.9 Å². The summed E-state index contributed by atoms with van der Waals surface area (Å²) in [5, 5.41) is 21.7. The van der Waals surface area contributed by atoms with Gasteiger partial charge in [0.2, 0.25) is 0 Å². The molecule has 0 atom stereocenters. The van der Waals surface area contributed by atoms with Crippen molar-refractivity contribution < 1.29 is 5.21 Å². The molecule has 2 aromatic rings. The van der Waals surface area contributed by atoms with Crippen molar-refractivity contribution in [2.24, 2.45) is 22.7 Å². The van der Waals surface area contributed by atoms with Crippen molar-refractivity contribution >= 4 is 29.0 Å². The van der Waals surface area contributed by atoms with Crippen LogP contribution < -0.4 is 5.73 Å². The van der Waals surface area contributed by atoms with E-state index < -0.39 is 0 Å². The number of nitrogens with two attached hydrogens (primary N) is 1. The van der Waals surface area contributed by atoms with Gasteiger partial charge < -0.3 is 10.9 Å². The van der Waals surface area contributed by atoms with Crippen LogP contribution in [0, 0.1) is 23.2 Å². The molecule has 0 spiro atoms. The maximum absolute atomic E-state index is 8.62. The zero-order valence-corrected chi connectivity index (χ0v) is 16.9. The Kier molecular flexibility index (Phi) is 6.83. The van der Waals surface area contributed by atoms with Crippen molar-refractivity contribution in [3.05, 3.63) is 69.7 Å². The van der Waals surface area contributed by atoms with Gasteiger partial charge in [-0.25, -0.2) is 0 Å². The number of oxime groups is 1. The molecule has 0 unspecified atom stereocenters. The summed E-state index contributed by atoms with van der Waals surface area (Å²) in [6.45, 7) is 0. The first kappa shape index (κ1) is 20.5. The smallest absolute Gasteiger partial charge is 0.142 e. The molecular weight excluding hydrogens is 393 g/mol. The van der Waals surface area contributed by atoms with Crippen molar-refractivity contribution in [1.82, 2.24) is 0 Å². The van der Waals surface area contributed by atoms with E-state index >= 15 is 0 Å². The molecule has 0 bridgehead atoms. The third kappa shape index (κ3) is 4.98. The van der Waals surface area contributed by atoms with Gasteiger partial charge in [-0.15, -0.1) is 0 Å². The zero-order chi connectivity index (χ0) is 20.1. The molecule has 0 radical (unpaired) electrons. The predicted molar refractivity (Wildman–Crippen MR) is 113 cm³/mol. The molecule has 6 heteroatoms. The number of benzene rings is 2. The van der Waals surface area contributed by atoms with E-state index in [0.29, 0.717) is 17.7 Å². The van der Waals surface area contributed by atoms with E-state index in [2.05, 4.69) is 23.4 Å². The maximum Gasteiger partial charge on any atom is 0.142 e. The maximum atomic E-state index is 8.62. The molecule has 0 amide bonds. The number of nitriles is 1. The van der Waals surface area contributed by atoms with Crippen molar-refractivity contribution in [2.45, 2.75) is 37.5 Å². The van der Waals surface area contributed by atoms with Gasteiger partial charge in [-0.1, -0.05) is 52.6 Å². The van der Waals surface area contributed by atoms with E-state index in [0.717, 1.165) is 35.7 Å². The largest absolute Gasteiger partial charge is 0.409 e. The van der Waals surface area contributed by atoms with Gasteiger partial charge in [0.1, 0.15) is 5.84 Å². The average Bonchev–Trinajstić information content (AvgIpc) is 2.63. The summed E-state index contributed by atoms with van der Waals surface area (Å²) >= 11 is 11.6. The summed E-state index contributed by atoms with van der Waals surface area (Å²) in [6.07, 6.45) is 3.94. The van der Waals surface area contributed by atoms with Crippen LogP contribution in [-0.2, 0) is 0 Å². The first-order valence-electron chi connectivity index (χ1n) is 9.38. The molecule has 2 aromatic carbocycles. The highest BCUT2D eigenvalue weighted by atomic mass is 35.5. The molecule has 2 fully saturated rings. The number of rotatable bonds is 3. The summed E-state index contributed by atoms with van der Waals surface area (Å²) in [4.78, 5) is 0. The second kappa shape index (κ2) is 9.32. The molecular formula is C22H23Cl2N3O. The number of amidine groups is 1. The van der Waals surface area contributed by atoms with E-state index in [4.69, 9.17) is 39.4 Å². The summed E-state index contributed by atoms with van der Waals surface area (Å²) < 4.78 is 0. The van der Waals surface area contributed by atoms with Crippen LogP contribution in [0.5, 0.6) is 0 Å². The minimum Gasteiger partial charge on any atom is -0.409 e. The van der Waals surface area contributed by atoms with Crippen LogP contribution in [0.1, 0.15) is 48.6 Å². The predicted octanol–water partition coefficient (Wildman–Crippen LogP) is 5.94. The summed E-state index contributed by atoms with van der Waals surface area (Å²) in [6, 6.07) is 18.1. The normalized spacial score (nSPS) is 26.1. The van der Waals surface area contributed by atoms with E-state index in [9.17, 15) is 0 Å². The highest BCUT2D eigenvalue weighted by Gasteiger charge is 2.33. The van der Waals surface area contributed by atoms with Crippen LogP contribution in [-0.4, -0.2) is 11.0 Å². The second-order valence-electron chi connectivity index (χ2n) is 7.49. The lowest BCUT2D eigenvalue weighted by atomic mass is 9.71. The molecule has 2 aliphatic carbocycles. The molecule has 28 heavy (non-hydrogen) atoms. The topological polar surface area (TPSA) is 82.4 Å². The minimum absolute atomic E-state index is 0.232.